The van der Waals surface area contributed by atoms with Crippen molar-refractivity contribution in [2.75, 3.05) is 0 Å². The lowest BCUT2D eigenvalue weighted by Gasteiger charge is -2.06. The molecule has 0 bridgehead atoms. The fraction of sp³-hybridized carbons (Fsp3) is 0.125. The van der Waals surface area contributed by atoms with Gasteiger partial charge in [-0.15, -0.1) is 11.8 Å². The lowest BCUT2D eigenvalue weighted by molar-refractivity contribution is 1.01. The molecule has 2 aromatic heterocycles. The fourth-order valence-electron chi connectivity index (χ4n) is 2.07. The predicted octanol–water partition coefficient (Wildman–Crippen LogP) is 3.95. The number of pyridine rings is 1. The Labute approximate surface area is 131 Å². The second-order valence-corrected chi connectivity index (χ2v) is 6.17. The third-order valence-corrected chi connectivity index (χ3v) is 4.58. The van der Waals surface area contributed by atoms with Gasteiger partial charge >= 0.3 is 0 Å². The van der Waals surface area contributed by atoms with E-state index in [1.54, 1.807) is 36.2 Å². The zero-order valence-electron chi connectivity index (χ0n) is 11.4. The highest BCUT2D eigenvalue weighted by Crippen LogP contribution is 2.24. The Morgan fingerprint density at radius 2 is 2.05 bits per heavy atom. The molecule has 3 aromatic rings. The SMILES string of the molecule is Cc1ccccc1SCc1cc(=O)n2cc(Cl)ccc2n1. The van der Waals surface area contributed by atoms with Crippen molar-refractivity contribution in [3.8, 4) is 0 Å². The third-order valence-electron chi connectivity index (χ3n) is 3.15. The number of nitrogens with zero attached hydrogens (tertiary/aromatic N) is 2. The summed E-state index contributed by atoms with van der Waals surface area (Å²) in [6.07, 6.45) is 1.59. The Morgan fingerprint density at radius 1 is 1.24 bits per heavy atom. The largest absolute Gasteiger partial charge is 0.269 e. The molecule has 0 aliphatic heterocycles. The van der Waals surface area contributed by atoms with Crippen LogP contribution in [0.1, 0.15) is 11.3 Å². The molecule has 0 fully saturated rings. The second kappa shape index (κ2) is 5.92. The number of benzene rings is 1. The molecule has 0 unspecified atom stereocenters. The molecule has 0 atom stereocenters. The summed E-state index contributed by atoms with van der Waals surface area (Å²) in [5.74, 6) is 0.666. The molecular weight excluding hydrogens is 304 g/mol. The summed E-state index contributed by atoms with van der Waals surface area (Å²) in [5.41, 5.74) is 2.51. The van der Waals surface area contributed by atoms with Gasteiger partial charge in [0.25, 0.3) is 5.56 Å². The van der Waals surface area contributed by atoms with Crippen LogP contribution in [0.15, 0.2) is 58.4 Å². The molecular formula is C16H13ClN2OS. The van der Waals surface area contributed by atoms with Crippen LogP contribution in [-0.4, -0.2) is 9.38 Å². The van der Waals surface area contributed by atoms with E-state index in [1.165, 1.54) is 14.9 Å². The molecule has 3 nitrogen and oxygen atoms in total. The van der Waals surface area contributed by atoms with Gasteiger partial charge in [0, 0.05) is 22.9 Å². The molecule has 0 aliphatic carbocycles. The molecule has 3 rings (SSSR count). The van der Waals surface area contributed by atoms with Crippen molar-refractivity contribution in [1.29, 1.82) is 0 Å². The van der Waals surface area contributed by atoms with E-state index in [2.05, 4.69) is 24.0 Å². The zero-order valence-corrected chi connectivity index (χ0v) is 13.0. The summed E-state index contributed by atoms with van der Waals surface area (Å²) in [5, 5.41) is 0.522. The smallest absolute Gasteiger partial charge is 0.258 e. The molecule has 0 spiro atoms. The number of fused-ring (bicyclic) bond motifs is 1. The number of aromatic nitrogens is 2. The van der Waals surface area contributed by atoms with Gasteiger partial charge < -0.3 is 0 Å². The van der Waals surface area contributed by atoms with Crippen LogP contribution in [-0.2, 0) is 5.75 Å². The van der Waals surface area contributed by atoms with E-state index < -0.39 is 0 Å². The van der Waals surface area contributed by atoms with Gasteiger partial charge in [0.15, 0.2) is 0 Å². The van der Waals surface area contributed by atoms with Crippen molar-refractivity contribution in [2.24, 2.45) is 0 Å². The molecule has 0 amide bonds. The number of rotatable bonds is 3. The summed E-state index contributed by atoms with van der Waals surface area (Å²) >= 11 is 7.58. The van der Waals surface area contributed by atoms with Gasteiger partial charge in [0.2, 0.25) is 0 Å². The number of aryl methyl sites for hydroxylation is 1. The van der Waals surface area contributed by atoms with Gasteiger partial charge in [0.05, 0.1) is 10.7 Å². The Hall–Kier alpha value is -1.78. The molecule has 21 heavy (non-hydrogen) atoms. The summed E-state index contributed by atoms with van der Waals surface area (Å²) in [6.45, 7) is 2.08. The average Bonchev–Trinajstić information content (AvgIpc) is 2.47. The maximum Gasteiger partial charge on any atom is 0.258 e. The standard InChI is InChI=1S/C16H13ClN2OS/c1-11-4-2-3-5-14(11)21-10-13-8-16(20)19-9-12(17)6-7-15(19)18-13/h2-9H,10H2,1H3. The first-order valence-electron chi connectivity index (χ1n) is 6.50. The Morgan fingerprint density at radius 3 is 2.86 bits per heavy atom. The minimum Gasteiger partial charge on any atom is -0.269 e. The summed E-state index contributed by atoms with van der Waals surface area (Å²) in [4.78, 5) is 17.8. The first-order chi connectivity index (χ1) is 10.1. The molecule has 5 heteroatoms. The molecule has 0 N–H and O–H groups in total. The molecule has 2 heterocycles. The van der Waals surface area contributed by atoms with Crippen molar-refractivity contribution < 1.29 is 0 Å². The van der Waals surface area contributed by atoms with E-state index >= 15 is 0 Å². The maximum atomic E-state index is 12.1. The molecule has 0 saturated heterocycles. The second-order valence-electron chi connectivity index (χ2n) is 4.72. The number of thioether (sulfide) groups is 1. The summed E-state index contributed by atoms with van der Waals surface area (Å²) < 4.78 is 1.46. The summed E-state index contributed by atoms with van der Waals surface area (Å²) in [7, 11) is 0. The third kappa shape index (κ3) is 3.12. The van der Waals surface area contributed by atoms with Crippen molar-refractivity contribution in [2.45, 2.75) is 17.6 Å². The fourth-order valence-corrected chi connectivity index (χ4v) is 3.15. The van der Waals surface area contributed by atoms with Crippen molar-refractivity contribution >= 4 is 29.0 Å². The van der Waals surface area contributed by atoms with E-state index in [-0.39, 0.29) is 5.56 Å². The average molecular weight is 317 g/mol. The highest BCUT2D eigenvalue weighted by Gasteiger charge is 2.05. The van der Waals surface area contributed by atoms with Crippen LogP contribution in [0.2, 0.25) is 5.02 Å². The normalized spacial score (nSPS) is 11.0. The van der Waals surface area contributed by atoms with Crippen LogP contribution < -0.4 is 5.56 Å². The van der Waals surface area contributed by atoms with Crippen LogP contribution in [0, 0.1) is 6.92 Å². The van der Waals surface area contributed by atoms with Crippen LogP contribution >= 0.6 is 23.4 Å². The van der Waals surface area contributed by atoms with Gasteiger partial charge in [-0.1, -0.05) is 29.8 Å². The van der Waals surface area contributed by atoms with E-state index in [9.17, 15) is 4.79 Å². The van der Waals surface area contributed by atoms with E-state index in [4.69, 9.17) is 11.6 Å². The minimum absolute atomic E-state index is 0.108. The van der Waals surface area contributed by atoms with Crippen molar-refractivity contribution in [3.05, 3.63) is 75.3 Å². The lowest BCUT2D eigenvalue weighted by Crippen LogP contribution is -2.15. The molecule has 0 saturated carbocycles. The van der Waals surface area contributed by atoms with Gasteiger partial charge in [-0.2, -0.15) is 0 Å². The van der Waals surface area contributed by atoms with E-state index in [0.29, 0.717) is 16.4 Å². The van der Waals surface area contributed by atoms with Crippen LogP contribution in [0.25, 0.3) is 5.65 Å². The first-order valence-corrected chi connectivity index (χ1v) is 7.86. The van der Waals surface area contributed by atoms with Gasteiger partial charge in [-0.3, -0.25) is 9.20 Å². The highest BCUT2D eigenvalue weighted by atomic mass is 35.5. The van der Waals surface area contributed by atoms with Gasteiger partial charge in [0.1, 0.15) is 5.65 Å². The molecule has 0 aliphatic rings. The van der Waals surface area contributed by atoms with Crippen LogP contribution in [0.5, 0.6) is 0 Å². The molecule has 0 radical (unpaired) electrons. The summed E-state index contributed by atoms with van der Waals surface area (Å²) in [6, 6.07) is 13.2. The first kappa shape index (κ1) is 14.2. The van der Waals surface area contributed by atoms with Crippen molar-refractivity contribution in [3.63, 3.8) is 0 Å². The number of hydrogen-bond acceptors (Lipinski definition) is 3. The van der Waals surface area contributed by atoms with Gasteiger partial charge in [-0.05, 0) is 30.7 Å². The Bertz CT molecular complexity index is 860. The Kier molecular flexibility index (Phi) is 3.99. The van der Waals surface area contributed by atoms with Crippen molar-refractivity contribution in [1.82, 2.24) is 9.38 Å². The van der Waals surface area contributed by atoms with Gasteiger partial charge in [-0.25, -0.2) is 4.98 Å². The zero-order chi connectivity index (χ0) is 14.8. The van der Waals surface area contributed by atoms with Crippen LogP contribution in [0.4, 0.5) is 0 Å². The maximum absolute atomic E-state index is 12.1. The topological polar surface area (TPSA) is 34.4 Å². The monoisotopic (exact) mass is 316 g/mol. The highest BCUT2D eigenvalue weighted by molar-refractivity contribution is 7.98. The quantitative estimate of drug-likeness (QED) is 0.686. The number of hydrogen-bond donors (Lipinski definition) is 0. The van der Waals surface area contributed by atoms with E-state index in [1.807, 2.05) is 12.1 Å². The Balaban J connectivity index is 1.90. The lowest BCUT2D eigenvalue weighted by atomic mass is 10.2. The van der Waals surface area contributed by atoms with E-state index in [0.717, 1.165) is 5.69 Å². The molecule has 106 valence electrons. The number of halogens is 1. The predicted molar refractivity (Wildman–Crippen MR) is 87.2 cm³/mol. The van der Waals surface area contributed by atoms with Crippen LogP contribution in [0.3, 0.4) is 0 Å². The molecule has 1 aromatic carbocycles. The minimum atomic E-state index is -0.108.